The topological polar surface area (TPSA) is 9.23 Å². The number of fused-ring (bicyclic) bond motifs is 3. The highest BCUT2D eigenvalue weighted by atomic mass is 19.4. The van der Waals surface area contributed by atoms with Gasteiger partial charge >= 0.3 is 6.36 Å². The normalized spacial score (nSPS) is 12.9. The Morgan fingerprint density at radius 2 is 1.79 bits per heavy atom. The number of aryl methyl sites for hydroxylation is 1. The molecule has 0 aliphatic heterocycles. The van der Waals surface area contributed by atoms with Gasteiger partial charge in [-0.15, -0.1) is 13.2 Å². The third-order valence-corrected chi connectivity index (χ3v) is 4.33. The van der Waals surface area contributed by atoms with Crippen LogP contribution in [0.2, 0.25) is 0 Å². The maximum atomic E-state index is 14.4. The summed E-state index contributed by atoms with van der Waals surface area (Å²) in [6, 6.07) is 8.54. The fourth-order valence-electron chi connectivity index (χ4n) is 3.21. The number of rotatable bonds is 5. The second kappa shape index (κ2) is 6.46. The number of alkyl halides is 3. The van der Waals surface area contributed by atoms with E-state index in [4.69, 9.17) is 0 Å². The van der Waals surface area contributed by atoms with Crippen LogP contribution in [0.4, 0.5) is 17.6 Å². The summed E-state index contributed by atoms with van der Waals surface area (Å²) in [6.45, 7) is 2.14. The molecular weight excluding hydrogens is 320 g/mol. The van der Waals surface area contributed by atoms with E-state index in [1.165, 1.54) is 11.6 Å². The number of unbranched alkanes of at least 4 members (excludes halogenated alkanes) is 2. The Hall–Kier alpha value is -2.04. The summed E-state index contributed by atoms with van der Waals surface area (Å²) in [5, 5.41) is 0. The largest absolute Gasteiger partial charge is 0.573 e. The zero-order valence-corrected chi connectivity index (χ0v) is 13.3. The van der Waals surface area contributed by atoms with Gasteiger partial charge in [0.2, 0.25) is 0 Å². The first-order chi connectivity index (χ1) is 11.4. The molecule has 5 heteroatoms. The monoisotopic (exact) mass is 338 g/mol. The van der Waals surface area contributed by atoms with E-state index in [0.29, 0.717) is 12.0 Å². The van der Waals surface area contributed by atoms with Crippen molar-refractivity contribution in [2.75, 3.05) is 0 Å². The van der Waals surface area contributed by atoms with Crippen molar-refractivity contribution >= 4 is 0 Å². The molecule has 0 N–H and O–H groups in total. The molecule has 0 unspecified atom stereocenters. The second-order valence-electron chi connectivity index (χ2n) is 6.08. The predicted molar refractivity (Wildman–Crippen MR) is 84.6 cm³/mol. The maximum absolute atomic E-state index is 14.4. The molecule has 0 saturated carbocycles. The van der Waals surface area contributed by atoms with Gasteiger partial charge in [-0.25, -0.2) is 4.39 Å². The Morgan fingerprint density at radius 1 is 1.04 bits per heavy atom. The summed E-state index contributed by atoms with van der Waals surface area (Å²) in [5.74, 6) is -1.69. The molecule has 0 heterocycles. The minimum Gasteiger partial charge on any atom is -0.403 e. The lowest BCUT2D eigenvalue weighted by Gasteiger charge is -2.11. The van der Waals surface area contributed by atoms with Gasteiger partial charge < -0.3 is 4.74 Å². The average Bonchev–Trinajstić information content (AvgIpc) is 2.88. The molecule has 128 valence electrons. The highest BCUT2D eigenvalue weighted by Gasteiger charge is 2.34. The SMILES string of the molecule is CCCCCc1ccc2c(c1)Cc1c-2ccc(OC(F)(F)F)c1F. The van der Waals surface area contributed by atoms with E-state index >= 15 is 0 Å². The third kappa shape index (κ3) is 3.40. The summed E-state index contributed by atoms with van der Waals surface area (Å²) in [6.07, 6.45) is -0.240. The van der Waals surface area contributed by atoms with E-state index in [0.717, 1.165) is 42.9 Å². The average molecular weight is 338 g/mol. The maximum Gasteiger partial charge on any atom is 0.573 e. The minimum atomic E-state index is -4.90. The van der Waals surface area contributed by atoms with E-state index < -0.39 is 17.9 Å². The molecule has 0 bridgehead atoms. The Morgan fingerprint density at radius 3 is 2.50 bits per heavy atom. The van der Waals surface area contributed by atoms with Crippen LogP contribution in [0, 0.1) is 5.82 Å². The highest BCUT2D eigenvalue weighted by Crippen LogP contribution is 2.41. The van der Waals surface area contributed by atoms with Crippen LogP contribution < -0.4 is 4.74 Å². The van der Waals surface area contributed by atoms with Crippen molar-refractivity contribution in [3.05, 3.63) is 52.8 Å². The molecule has 0 amide bonds. The van der Waals surface area contributed by atoms with Gasteiger partial charge in [0.05, 0.1) is 0 Å². The fourth-order valence-corrected chi connectivity index (χ4v) is 3.21. The van der Waals surface area contributed by atoms with Gasteiger partial charge in [0.1, 0.15) is 0 Å². The van der Waals surface area contributed by atoms with E-state index in [-0.39, 0.29) is 5.56 Å². The molecule has 1 nitrogen and oxygen atoms in total. The molecule has 1 aliphatic rings. The van der Waals surface area contributed by atoms with Crippen LogP contribution >= 0.6 is 0 Å². The Kier molecular flexibility index (Phi) is 4.52. The molecular formula is C19H18F4O. The first-order valence-electron chi connectivity index (χ1n) is 8.08. The fraction of sp³-hybridized carbons (Fsp3) is 0.368. The van der Waals surface area contributed by atoms with Crippen LogP contribution in [-0.4, -0.2) is 6.36 Å². The minimum absolute atomic E-state index is 0.275. The molecule has 0 aromatic heterocycles. The number of hydrogen-bond donors (Lipinski definition) is 0. The van der Waals surface area contributed by atoms with Crippen molar-refractivity contribution in [3.8, 4) is 16.9 Å². The zero-order chi connectivity index (χ0) is 17.3. The lowest BCUT2D eigenvalue weighted by Crippen LogP contribution is -2.18. The number of benzene rings is 2. The quantitative estimate of drug-likeness (QED) is 0.408. The molecule has 0 saturated heterocycles. The van der Waals surface area contributed by atoms with Crippen LogP contribution in [0.5, 0.6) is 5.75 Å². The van der Waals surface area contributed by atoms with Gasteiger partial charge in [0, 0.05) is 12.0 Å². The van der Waals surface area contributed by atoms with Crippen LogP contribution in [0.15, 0.2) is 30.3 Å². The Labute approximate surface area is 138 Å². The summed E-state index contributed by atoms with van der Waals surface area (Å²) in [4.78, 5) is 0. The van der Waals surface area contributed by atoms with Crippen LogP contribution in [0.25, 0.3) is 11.1 Å². The van der Waals surface area contributed by atoms with Crippen molar-refractivity contribution < 1.29 is 22.3 Å². The summed E-state index contributed by atoms with van der Waals surface area (Å²) >= 11 is 0. The van der Waals surface area contributed by atoms with E-state index in [1.54, 1.807) is 0 Å². The van der Waals surface area contributed by atoms with Crippen LogP contribution in [0.1, 0.15) is 42.9 Å². The molecule has 1 aliphatic carbocycles. The molecule has 0 fully saturated rings. The Bertz CT molecular complexity index is 750. The molecule has 0 atom stereocenters. The van der Waals surface area contributed by atoms with Crippen molar-refractivity contribution in [1.29, 1.82) is 0 Å². The van der Waals surface area contributed by atoms with E-state index in [9.17, 15) is 17.6 Å². The summed E-state index contributed by atoms with van der Waals surface area (Å²) in [7, 11) is 0. The summed E-state index contributed by atoms with van der Waals surface area (Å²) in [5.41, 5.74) is 3.96. The number of hydrogen-bond acceptors (Lipinski definition) is 1. The molecule has 0 radical (unpaired) electrons. The standard InChI is InChI=1S/C19H18F4O/c1-2-3-4-5-12-6-7-14-13(10-12)11-16-15(14)8-9-17(18(16)20)24-19(21,22)23/h6-10H,2-5,11H2,1H3. The van der Waals surface area contributed by atoms with Crippen molar-refractivity contribution in [2.24, 2.45) is 0 Å². The van der Waals surface area contributed by atoms with Gasteiger partial charge in [-0.2, -0.15) is 0 Å². The second-order valence-corrected chi connectivity index (χ2v) is 6.08. The van der Waals surface area contributed by atoms with Crippen LogP contribution in [0.3, 0.4) is 0 Å². The van der Waals surface area contributed by atoms with E-state index in [1.807, 2.05) is 18.2 Å². The molecule has 0 spiro atoms. The number of ether oxygens (including phenoxy) is 1. The van der Waals surface area contributed by atoms with Gasteiger partial charge in [0.15, 0.2) is 11.6 Å². The van der Waals surface area contributed by atoms with Crippen molar-refractivity contribution in [1.82, 2.24) is 0 Å². The highest BCUT2D eigenvalue weighted by molar-refractivity contribution is 5.78. The van der Waals surface area contributed by atoms with Crippen LogP contribution in [-0.2, 0) is 12.8 Å². The Balaban J connectivity index is 1.87. The van der Waals surface area contributed by atoms with Gasteiger partial charge in [0.25, 0.3) is 0 Å². The molecule has 2 aromatic rings. The van der Waals surface area contributed by atoms with E-state index in [2.05, 4.69) is 11.7 Å². The number of halogens is 4. The first-order valence-corrected chi connectivity index (χ1v) is 8.08. The lowest BCUT2D eigenvalue weighted by molar-refractivity contribution is -0.275. The molecule has 24 heavy (non-hydrogen) atoms. The molecule has 3 rings (SSSR count). The lowest BCUT2D eigenvalue weighted by atomic mass is 10.0. The first kappa shape index (κ1) is 16.8. The smallest absolute Gasteiger partial charge is 0.403 e. The summed E-state index contributed by atoms with van der Waals surface area (Å²) < 4.78 is 55.2. The van der Waals surface area contributed by atoms with Gasteiger partial charge in [-0.1, -0.05) is 44.0 Å². The van der Waals surface area contributed by atoms with Gasteiger partial charge in [-0.05, 0) is 41.2 Å². The third-order valence-electron chi connectivity index (χ3n) is 4.33. The van der Waals surface area contributed by atoms with Gasteiger partial charge in [-0.3, -0.25) is 0 Å². The predicted octanol–water partition coefficient (Wildman–Crippen LogP) is 6.03. The van der Waals surface area contributed by atoms with Crippen molar-refractivity contribution in [3.63, 3.8) is 0 Å². The van der Waals surface area contributed by atoms with Crippen molar-refractivity contribution in [2.45, 2.75) is 45.4 Å². The zero-order valence-electron chi connectivity index (χ0n) is 13.3. The molecule has 2 aromatic carbocycles.